The topological polar surface area (TPSA) is 89.3 Å². The summed E-state index contributed by atoms with van der Waals surface area (Å²) in [6.45, 7) is 5.95. The molecule has 1 amide bonds. The molecule has 1 N–H and O–H groups in total. The predicted octanol–water partition coefficient (Wildman–Crippen LogP) is 4.16. The van der Waals surface area contributed by atoms with E-state index in [2.05, 4.69) is 24.1 Å². The van der Waals surface area contributed by atoms with Gasteiger partial charge in [0.15, 0.2) is 9.84 Å². The monoisotopic (exact) mass is 438 g/mol. The summed E-state index contributed by atoms with van der Waals surface area (Å²) >= 11 is 5.99. The largest absolute Gasteiger partial charge is 0.441 e. The number of aryl methyl sites for hydroxylation is 1. The van der Waals surface area contributed by atoms with Crippen molar-refractivity contribution in [3.63, 3.8) is 0 Å². The lowest BCUT2D eigenvalue weighted by molar-refractivity contribution is -0.120. The van der Waals surface area contributed by atoms with Gasteiger partial charge in [-0.05, 0) is 43.4 Å². The van der Waals surface area contributed by atoms with E-state index < -0.39 is 21.5 Å². The van der Waals surface area contributed by atoms with Crippen LogP contribution in [0.1, 0.15) is 44.6 Å². The second-order valence-electron chi connectivity index (χ2n) is 8.01. The molecule has 1 aliphatic carbocycles. The number of halogens is 1. The first kappa shape index (κ1) is 21.8. The third-order valence-corrected chi connectivity index (χ3v) is 7.38. The van der Waals surface area contributed by atoms with Gasteiger partial charge >= 0.3 is 0 Å². The minimum atomic E-state index is -3.68. The molecule has 0 bridgehead atoms. The van der Waals surface area contributed by atoms with Crippen LogP contribution in [0.3, 0.4) is 0 Å². The molecule has 1 saturated carbocycles. The maximum atomic E-state index is 12.6. The van der Waals surface area contributed by atoms with Gasteiger partial charge in [0.2, 0.25) is 11.8 Å². The van der Waals surface area contributed by atoms with Gasteiger partial charge < -0.3 is 9.73 Å². The molecule has 8 heteroatoms. The second kappa shape index (κ2) is 8.88. The lowest BCUT2D eigenvalue weighted by Gasteiger charge is -2.34. The number of sulfone groups is 1. The van der Waals surface area contributed by atoms with E-state index in [9.17, 15) is 13.2 Å². The highest BCUT2D eigenvalue weighted by molar-refractivity contribution is 7.91. The first-order valence-electron chi connectivity index (χ1n) is 9.86. The van der Waals surface area contributed by atoms with Crippen LogP contribution < -0.4 is 5.32 Å². The smallest absolute Gasteiger partial charge is 0.235 e. The summed E-state index contributed by atoms with van der Waals surface area (Å²) in [5.74, 6) is 0.244. The molecule has 0 saturated heterocycles. The lowest BCUT2D eigenvalue weighted by Crippen LogP contribution is -2.45. The molecule has 1 heterocycles. The molecule has 1 fully saturated rings. The van der Waals surface area contributed by atoms with Gasteiger partial charge in [-0.15, -0.1) is 0 Å². The van der Waals surface area contributed by atoms with Crippen molar-refractivity contribution in [1.29, 1.82) is 0 Å². The first-order valence-corrected chi connectivity index (χ1v) is 12.1. The highest BCUT2D eigenvalue weighted by Crippen LogP contribution is 2.29. The fourth-order valence-corrected chi connectivity index (χ4v) is 5.26. The highest BCUT2D eigenvalue weighted by atomic mass is 35.5. The molecule has 3 atom stereocenters. The number of hydrogen-bond acceptors (Lipinski definition) is 5. The molecule has 0 spiro atoms. The van der Waals surface area contributed by atoms with Gasteiger partial charge in [-0.2, -0.15) is 0 Å². The van der Waals surface area contributed by atoms with Crippen LogP contribution in [0.5, 0.6) is 0 Å². The van der Waals surface area contributed by atoms with E-state index in [0.717, 1.165) is 19.3 Å². The van der Waals surface area contributed by atoms with Crippen LogP contribution in [0.25, 0.3) is 11.5 Å². The number of benzene rings is 1. The Morgan fingerprint density at radius 2 is 2.07 bits per heavy atom. The third kappa shape index (κ3) is 5.60. The number of nitrogens with zero attached hydrogens (tertiary/aromatic N) is 1. The summed E-state index contributed by atoms with van der Waals surface area (Å²) in [5.41, 5.74) is 0.981. The maximum absolute atomic E-state index is 12.6. The number of carbonyl (C=O) groups excluding carboxylic acids is 1. The van der Waals surface area contributed by atoms with E-state index in [1.165, 1.54) is 0 Å². The standard InChI is InChI=1S/C21H27ClN2O4S/c1-13-6-4-9-18(14(13)2)23-20(25)12-29(26,27)11-19-15(3)28-21(24-19)16-7-5-8-17(22)10-16/h5,7-8,10,13-14,18H,4,6,9,11-12H2,1-3H3,(H,23,25). The Labute approximate surface area is 177 Å². The number of rotatable bonds is 6. The van der Waals surface area contributed by atoms with Crippen molar-refractivity contribution in [3.8, 4) is 11.5 Å². The Balaban J connectivity index is 1.65. The van der Waals surface area contributed by atoms with Crippen LogP contribution >= 0.6 is 11.6 Å². The number of hydrogen-bond donors (Lipinski definition) is 1. The van der Waals surface area contributed by atoms with E-state index in [1.54, 1.807) is 31.2 Å². The first-order chi connectivity index (χ1) is 13.6. The van der Waals surface area contributed by atoms with E-state index in [4.69, 9.17) is 16.0 Å². The average Bonchev–Trinajstić information content (AvgIpc) is 2.98. The Morgan fingerprint density at radius 3 is 2.79 bits per heavy atom. The number of aromatic nitrogens is 1. The van der Waals surface area contributed by atoms with Gasteiger partial charge in [0.05, 0.1) is 11.4 Å². The molecule has 29 heavy (non-hydrogen) atoms. The summed E-state index contributed by atoms with van der Waals surface area (Å²) in [7, 11) is -3.68. The quantitative estimate of drug-likeness (QED) is 0.731. The summed E-state index contributed by atoms with van der Waals surface area (Å²) < 4.78 is 30.8. The third-order valence-electron chi connectivity index (χ3n) is 5.73. The van der Waals surface area contributed by atoms with Gasteiger partial charge in [0.1, 0.15) is 11.5 Å². The van der Waals surface area contributed by atoms with E-state index in [-0.39, 0.29) is 11.8 Å². The van der Waals surface area contributed by atoms with Gasteiger partial charge in [-0.3, -0.25) is 4.79 Å². The molecule has 3 unspecified atom stereocenters. The predicted molar refractivity (Wildman–Crippen MR) is 113 cm³/mol. The van der Waals surface area contributed by atoms with Gasteiger partial charge in [-0.1, -0.05) is 44.4 Å². The van der Waals surface area contributed by atoms with Crippen molar-refractivity contribution in [3.05, 3.63) is 40.7 Å². The van der Waals surface area contributed by atoms with Gasteiger partial charge in [0, 0.05) is 16.6 Å². The zero-order valence-electron chi connectivity index (χ0n) is 16.9. The molecule has 1 aromatic heterocycles. The molecule has 0 radical (unpaired) electrons. The summed E-state index contributed by atoms with van der Waals surface area (Å²) in [4.78, 5) is 16.7. The Bertz CT molecular complexity index is 986. The van der Waals surface area contributed by atoms with E-state index >= 15 is 0 Å². The molecular weight excluding hydrogens is 412 g/mol. The van der Waals surface area contributed by atoms with Crippen molar-refractivity contribution in [2.24, 2.45) is 11.8 Å². The molecule has 2 aromatic rings. The number of oxazole rings is 1. The normalized spacial score (nSPS) is 22.4. The Kier molecular flexibility index (Phi) is 6.69. The minimum Gasteiger partial charge on any atom is -0.441 e. The van der Waals surface area contributed by atoms with Crippen molar-refractivity contribution in [2.45, 2.75) is 51.8 Å². The molecular formula is C21H27ClN2O4S. The van der Waals surface area contributed by atoms with E-state index in [0.29, 0.717) is 39.8 Å². The SMILES string of the molecule is Cc1oc(-c2cccc(Cl)c2)nc1CS(=O)(=O)CC(=O)NC1CCCC(C)C1C. The van der Waals surface area contributed by atoms with Crippen molar-refractivity contribution < 1.29 is 17.6 Å². The maximum Gasteiger partial charge on any atom is 0.235 e. The summed E-state index contributed by atoms with van der Waals surface area (Å²) in [5, 5.41) is 3.45. The molecule has 3 rings (SSSR count). The lowest BCUT2D eigenvalue weighted by atomic mass is 9.78. The van der Waals surface area contributed by atoms with Crippen molar-refractivity contribution in [1.82, 2.24) is 10.3 Å². The van der Waals surface area contributed by atoms with Crippen molar-refractivity contribution >= 4 is 27.3 Å². The molecule has 1 aliphatic rings. The Hall–Kier alpha value is -1.86. The number of nitrogens with one attached hydrogen (secondary N) is 1. The molecule has 158 valence electrons. The number of amides is 1. The van der Waals surface area contributed by atoms with Crippen LogP contribution in [0, 0.1) is 18.8 Å². The van der Waals surface area contributed by atoms with Gasteiger partial charge in [-0.25, -0.2) is 13.4 Å². The zero-order chi connectivity index (χ0) is 21.2. The fourth-order valence-electron chi connectivity index (χ4n) is 3.80. The zero-order valence-corrected chi connectivity index (χ0v) is 18.5. The number of carbonyl (C=O) groups is 1. The van der Waals surface area contributed by atoms with Crippen LogP contribution in [0.2, 0.25) is 5.02 Å². The second-order valence-corrected chi connectivity index (χ2v) is 10.5. The van der Waals surface area contributed by atoms with Crippen LogP contribution in [-0.2, 0) is 20.4 Å². The van der Waals surface area contributed by atoms with Crippen LogP contribution in [0.4, 0.5) is 0 Å². The molecule has 1 aromatic carbocycles. The van der Waals surface area contributed by atoms with Gasteiger partial charge in [0.25, 0.3) is 0 Å². The van der Waals surface area contributed by atoms with E-state index in [1.807, 2.05) is 0 Å². The summed E-state index contributed by atoms with van der Waals surface area (Å²) in [6, 6.07) is 7.02. The Morgan fingerprint density at radius 1 is 1.31 bits per heavy atom. The van der Waals surface area contributed by atoms with Crippen molar-refractivity contribution in [2.75, 3.05) is 5.75 Å². The molecule has 0 aliphatic heterocycles. The minimum absolute atomic E-state index is 0.0321. The van der Waals surface area contributed by atoms with Crippen LogP contribution in [-0.4, -0.2) is 31.1 Å². The fraction of sp³-hybridized carbons (Fsp3) is 0.524. The summed E-state index contributed by atoms with van der Waals surface area (Å²) in [6.07, 6.45) is 3.09. The average molecular weight is 439 g/mol. The molecule has 6 nitrogen and oxygen atoms in total. The highest BCUT2D eigenvalue weighted by Gasteiger charge is 2.30. The van der Waals surface area contributed by atoms with Crippen LogP contribution in [0.15, 0.2) is 28.7 Å².